The minimum absolute atomic E-state index is 0.463. The molecule has 0 unspecified atom stereocenters. The van der Waals surface area contributed by atoms with Gasteiger partial charge in [0, 0.05) is 19.7 Å². The van der Waals surface area contributed by atoms with Crippen LogP contribution in [0, 0.1) is 0 Å². The minimum atomic E-state index is 0.463. The molecule has 1 heterocycles. The van der Waals surface area contributed by atoms with E-state index >= 15 is 0 Å². The standard InChI is InChI=1S/C10H19N3O2S/c1-8(2)11-6-9-12-13-10(16-9)7-15-5-4-14-3/h8,11H,4-7H2,1-3H3. The maximum Gasteiger partial charge on any atom is 0.143 e. The largest absolute Gasteiger partial charge is 0.382 e. The van der Waals surface area contributed by atoms with Gasteiger partial charge in [0.1, 0.15) is 16.6 Å². The molecule has 0 bridgehead atoms. The summed E-state index contributed by atoms with van der Waals surface area (Å²) >= 11 is 1.58. The molecule has 0 aliphatic carbocycles. The molecule has 1 aromatic rings. The summed E-state index contributed by atoms with van der Waals surface area (Å²) in [6.45, 7) is 6.71. The van der Waals surface area contributed by atoms with E-state index in [2.05, 4.69) is 29.4 Å². The van der Waals surface area contributed by atoms with Crippen molar-refractivity contribution < 1.29 is 9.47 Å². The molecule has 0 saturated carbocycles. The smallest absolute Gasteiger partial charge is 0.143 e. The van der Waals surface area contributed by atoms with Gasteiger partial charge in [0.2, 0.25) is 0 Å². The first-order valence-corrected chi connectivity index (χ1v) is 6.15. The second-order valence-electron chi connectivity index (χ2n) is 3.67. The van der Waals surface area contributed by atoms with E-state index in [0.29, 0.717) is 25.9 Å². The van der Waals surface area contributed by atoms with Gasteiger partial charge < -0.3 is 14.8 Å². The van der Waals surface area contributed by atoms with Crippen LogP contribution in [0.25, 0.3) is 0 Å². The van der Waals surface area contributed by atoms with Gasteiger partial charge in [-0.15, -0.1) is 10.2 Å². The molecule has 0 aliphatic rings. The summed E-state index contributed by atoms with van der Waals surface area (Å²) in [6.07, 6.45) is 0. The second-order valence-corrected chi connectivity index (χ2v) is 4.82. The molecule has 0 atom stereocenters. The van der Waals surface area contributed by atoms with Crippen molar-refractivity contribution in [2.75, 3.05) is 20.3 Å². The van der Waals surface area contributed by atoms with Crippen LogP contribution in [0.2, 0.25) is 0 Å². The summed E-state index contributed by atoms with van der Waals surface area (Å²) in [5.74, 6) is 0. The molecular weight excluding hydrogens is 226 g/mol. The van der Waals surface area contributed by atoms with Crippen LogP contribution in [-0.4, -0.2) is 36.6 Å². The lowest BCUT2D eigenvalue weighted by atomic mass is 10.4. The van der Waals surface area contributed by atoms with Gasteiger partial charge in [-0.1, -0.05) is 25.2 Å². The molecule has 0 spiro atoms. The lowest BCUT2D eigenvalue weighted by molar-refractivity contribution is 0.0613. The van der Waals surface area contributed by atoms with Gasteiger partial charge in [-0.3, -0.25) is 0 Å². The van der Waals surface area contributed by atoms with Gasteiger partial charge >= 0.3 is 0 Å². The molecule has 0 radical (unpaired) electrons. The average molecular weight is 245 g/mol. The van der Waals surface area contributed by atoms with Crippen molar-refractivity contribution in [1.82, 2.24) is 15.5 Å². The van der Waals surface area contributed by atoms with Crippen molar-refractivity contribution in [1.29, 1.82) is 0 Å². The highest BCUT2D eigenvalue weighted by Gasteiger charge is 2.04. The van der Waals surface area contributed by atoms with E-state index in [-0.39, 0.29) is 0 Å². The van der Waals surface area contributed by atoms with Crippen molar-refractivity contribution in [3.8, 4) is 0 Å². The van der Waals surface area contributed by atoms with Crippen LogP contribution in [0.5, 0.6) is 0 Å². The number of hydrogen-bond donors (Lipinski definition) is 1. The highest BCUT2D eigenvalue weighted by Crippen LogP contribution is 2.10. The molecule has 5 nitrogen and oxygen atoms in total. The van der Waals surface area contributed by atoms with Crippen LogP contribution in [0.1, 0.15) is 23.9 Å². The fourth-order valence-corrected chi connectivity index (χ4v) is 1.74. The summed E-state index contributed by atoms with van der Waals surface area (Å²) in [6, 6.07) is 0.463. The molecular formula is C10H19N3O2S. The summed E-state index contributed by atoms with van der Waals surface area (Å²) in [5, 5.41) is 13.3. The molecule has 0 aromatic carbocycles. The third kappa shape index (κ3) is 5.50. The Balaban J connectivity index is 2.22. The number of nitrogens with one attached hydrogen (secondary N) is 1. The van der Waals surface area contributed by atoms with Crippen LogP contribution in [0.3, 0.4) is 0 Å². The zero-order valence-corrected chi connectivity index (χ0v) is 10.8. The highest BCUT2D eigenvalue weighted by atomic mass is 32.1. The monoisotopic (exact) mass is 245 g/mol. The summed E-state index contributed by atoms with van der Waals surface area (Å²) < 4.78 is 10.2. The molecule has 0 amide bonds. The van der Waals surface area contributed by atoms with E-state index in [4.69, 9.17) is 9.47 Å². The molecule has 0 saturated heterocycles. The Morgan fingerprint density at radius 1 is 1.25 bits per heavy atom. The van der Waals surface area contributed by atoms with Gasteiger partial charge in [0.15, 0.2) is 0 Å². The average Bonchev–Trinajstić information content (AvgIpc) is 2.70. The number of aromatic nitrogens is 2. The Hall–Kier alpha value is -0.560. The Bertz CT molecular complexity index is 291. The number of methoxy groups -OCH3 is 1. The third-order valence-electron chi connectivity index (χ3n) is 1.83. The lowest BCUT2D eigenvalue weighted by Crippen LogP contribution is -2.21. The van der Waals surface area contributed by atoms with Crippen molar-refractivity contribution in [3.05, 3.63) is 10.0 Å². The summed E-state index contributed by atoms with van der Waals surface area (Å²) in [4.78, 5) is 0. The van der Waals surface area contributed by atoms with Crippen LogP contribution < -0.4 is 5.32 Å². The van der Waals surface area contributed by atoms with Gasteiger partial charge in [-0.05, 0) is 0 Å². The molecule has 92 valence electrons. The second kappa shape index (κ2) is 7.67. The Morgan fingerprint density at radius 3 is 2.69 bits per heavy atom. The van der Waals surface area contributed by atoms with Crippen molar-refractivity contribution in [2.24, 2.45) is 0 Å². The number of ether oxygens (including phenoxy) is 2. The first-order valence-electron chi connectivity index (χ1n) is 5.33. The van der Waals surface area contributed by atoms with E-state index in [9.17, 15) is 0 Å². The molecule has 1 N–H and O–H groups in total. The number of rotatable bonds is 8. The van der Waals surface area contributed by atoms with E-state index in [0.717, 1.165) is 16.6 Å². The zero-order valence-electron chi connectivity index (χ0n) is 10.0. The number of nitrogens with zero attached hydrogens (tertiary/aromatic N) is 2. The van der Waals surface area contributed by atoms with Crippen molar-refractivity contribution in [2.45, 2.75) is 33.0 Å². The van der Waals surface area contributed by atoms with E-state index in [1.54, 1.807) is 18.4 Å². The maximum atomic E-state index is 5.36. The zero-order chi connectivity index (χ0) is 11.8. The quantitative estimate of drug-likeness (QED) is 0.697. The first kappa shape index (κ1) is 13.5. The fourth-order valence-electron chi connectivity index (χ4n) is 1.01. The van der Waals surface area contributed by atoms with Crippen LogP contribution in [-0.2, 0) is 22.6 Å². The topological polar surface area (TPSA) is 56.3 Å². The van der Waals surface area contributed by atoms with Crippen molar-refractivity contribution >= 4 is 11.3 Å². The van der Waals surface area contributed by atoms with E-state index in [1.165, 1.54) is 0 Å². The fraction of sp³-hybridized carbons (Fsp3) is 0.800. The molecule has 0 fully saturated rings. The van der Waals surface area contributed by atoms with E-state index < -0.39 is 0 Å². The van der Waals surface area contributed by atoms with Crippen molar-refractivity contribution in [3.63, 3.8) is 0 Å². The molecule has 16 heavy (non-hydrogen) atoms. The van der Waals surface area contributed by atoms with Crippen LogP contribution >= 0.6 is 11.3 Å². The molecule has 6 heteroatoms. The Morgan fingerprint density at radius 2 is 2.00 bits per heavy atom. The SMILES string of the molecule is COCCOCc1nnc(CNC(C)C)s1. The molecule has 1 rings (SSSR count). The van der Waals surface area contributed by atoms with Gasteiger partial charge in [-0.2, -0.15) is 0 Å². The maximum absolute atomic E-state index is 5.36. The predicted octanol–water partition coefficient (Wildman–Crippen LogP) is 1.20. The predicted molar refractivity (Wildman–Crippen MR) is 63.4 cm³/mol. The van der Waals surface area contributed by atoms with E-state index in [1.807, 2.05) is 0 Å². The van der Waals surface area contributed by atoms with Gasteiger partial charge in [-0.25, -0.2) is 0 Å². The third-order valence-corrected chi connectivity index (χ3v) is 2.72. The van der Waals surface area contributed by atoms with Crippen LogP contribution in [0.15, 0.2) is 0 Å². The van der Waals surface area contributed by atoms with Crippen LogP contribution in [0.4, 0.5) is 0 Å². The summed E-state index contributed by atoms with van der Waals surface area (Å²) in [5.41, 5.74) is 0. The molecule has 1 aromatic heterocycles. The Kier molecular flexibility index (Phi) is 6.47. The Labute approximate surface area is 100 Å². The summed E-state index contributed by atoms with van der Waals surface area (Å²) in [7, 11) is 1.66. The normalized spacial score (nSPS) is 11.2. The first-order chi connectivity index (χ1) is 7.72. The number of hydrogen-bond acceptors (Lipinski definition) is 6. The van der Waals surface area contributed by atoms with Gasteiger partial charge in [0.05, 0.1) is 13.2 Å². The van der Waals surface area contributed by atoms with Gasteiger partial charge in [0.25, 0.3) is 0 Å². The molecule has 0 aliphatic heterocycles. The lowest BCUT2D eigenvalue weighted by Gasteiger charge is -2.03. The highest BCUT2D eigenvalue weighted by molar-refractivity contribution is 7.11. The minimum Gasteiger partial charge on any atom is -0.382 e.